The van der Waals surface area contributed by atoms with Gasteiger partial charge in [-0.25, -0.2) is 0 Å². The molecule has 0 atom stereocenters. The van der Waals surface area contributed by atoms with Crippen molar-refractivity contribution in [1.82, 2.24) is 4.57 Å². The number of carbonyl (C=O) groups is 1. The van der Waals surface area contributed by atoms with Crippen molar-refractivity contribution in [3.05, 3.63) is 36.0 Å². The van der Waals surface area contributed by atoms with Gasteiger partial charge in [0.05, 0.1) is 6.07 Å². The fourth-order valence-corrected chi connectivity index (χ4v) is 1.97. The van der Waals surface area contributed by atoms with E-state index in [4.69, 9.17) is 10.4 Å². The molecule has 0 amide bonds. The lowest BCUT2D eigenvalue weighted by Crippen LogP contribution is -1.97. The molecule has 86 valence electrons. The summed E-state index contributed by atoms with van der Waals surface area (Å²) in [5.74, 6) is -0.804. The van der Waals surface area contributed by atoms with E-state index in [9.17, 15) is 4.79 Å². The van der Waals surface area contributed by atoms with Crippen LogP contribution in [0.3, 0.4) is 0 Å². The summed E-state index contributed by atoms with van der Waals surface area (Å²) in [4.78, 5) is 10.6. The minimum absolute atomic E-state index is 0.112. The van der Waals surface area contributed by atoms with E-state index >= 15 is 0 Å². The van der Waals surface area contributed by atoms with Gasteiger partial charge in [-0.2, -0.15) is 5.26 Å². The number of hydrogen-bond donors (Lipinski definition) is 1. The van der Waals surface area contributed by atoms with Crippen molar-refractivity contribution in [3.8, 4) is 6.07 Å². The lowest BCUT2D eigenvalue weighted by molar-refractivity contribution is -0.136. The smallest absolute Gasteiger partial charge is 0.303 e. The number of rotatable bonds is 4. The van der Waals surface area contributed by atoms with Gasteiger partial charge in [-0.15, -0.1) is 0 Å². The third-order valence-electron chi connectivity index (χ3n) is 2.72. The third-order valence-corrected chi connectivity index (χ3v) is 2.72. The second-order valence-electron chi connectivity index (χ2n) is 3.85. The van der Waals surface area contributed by atoms with Gasteiger partial charge in [-0.1, -0.05) is 18.2 Å². The van der Waals surface area contributed by atoms with Gasteiger partial charge in [0.25, 0.3) is 0 Å². The maximum Gasteiger partial charge on any atom is 0.303 e. The minimum atomic E-state index is -0.804. The van der Waals surface area contributed by atoms with Crippen LogP contribution in [0.15, 0.2) is 30.5 Å². The molecule has 0 bridgehead atoms. The largest absolute Gasteiger partial charge is 0.481 e. The molecule has 4 heteroatoms. The molecular weight excluding hydrogens is 216 g/mol. The zero-order chi connectivity index (χ0) is 12.3. The van der Waals surface area contributed by atoms with Crippen LogP contribution in [0.2, 0.25) is 0 Å². The predicted octanol–water partition coefficient (Wildman–Crippen LogP) is 2.18. The van der Waals surface area contributed by atoms with Crippen LogP contribution in [0.25, 0.3) is 10.9 Å². The third kappa shape index (κ3) is 2.28. The van der Waals surface area contributed by atoms with Crippen LogP contribution < -0.4 is 0 Å². The molecule has 0 radical (unpaired) electrons. The molecule has 0 unspecified atom stereocenters. The maximum atomic E-state index is 10.6. The Morgan fingerprint density at radius 2 is 2.18 bits per heavy atom. The summed E-state index contributed by atoms with van der Waals surface area (Å²) in [5.41, 5.74) is 1.97. The van der Waals surface area contributed by atoms with E-state index in [2.05, 4.69) is 6.07 Å². The molecule has 0 aliphatic heterocycles. The topological polar surface area (TPSA) is 66.0 Å². The van der Waals surface area contributed by atoms with Crippen LogP contribution in [0.5, 0.6) is 0 Å². The summed E-state index contributed by atoms with van der Waals surface area (Å²) in [6.07, 6.45) is 2.48. The van der Waals surface area contributed by atoms with Gasteiger partial charge in [0.1, 0.15) is 6.54 Å². The van der Waals surface area contributed by atoms with Crippen LogP contribution >= 0.6 is 0 Å². The lowest BCUT2D eigenvalue weighted by Gasteiger charge is -1.96. The van der Waals surface area contributed by atoms with Gasteiger partial charge in [0, 0.05) is 23.5 Å². The molecule has 2 rings (SSSR count). The summed E-state index contributed by atoms with van der Waals surface area (Å²) in [5, 5.41) is 18.5. The molecule has 0 aliphatic rings. The molecule has 2 aromatic rings. The minimum Gasteiger partial charge on any atom is -0.481 e. The average Bonchev–Trinajstić information content (AvgIpc) is 2.66. The summed E-state index contributed by atoms with van der Waals surface area (Å²) < 4.78 is 1.85. The molecule has 0 saturated heterocycles. The highest BCUT2D eigenvalue weighted by Gasteiger charge is 2.08. The van der Waals surface area contributed by atoms with Crippen LogP contribution in [0.4, 0.5) is 0 Å². The first-order valence-electron chi connectivity index (χ1n) is 5.38. The van der Waals surface area contributed by atoms with Gasteiger partial charge in [0.15, 0.2) is 0 Å². The number of nitriles is 1. The van der Waals surface area contributed by atoms with Gasteiger partial charge in [-0.05, 0) is 18.1 Å². The number of benzene rings is 1. The van der Waals surface area contributed by atoms with Crippen molar-refractivity contribution in [1.29, 1.82) is 5.26 Å². The Morgan fingerprint density at radius 1 is 1.41 bits per heavy atom. The summed E-state index contributed by atoms with van der Waals surface area (Å²) >= 11 is 0. The molecule has 4 nitrogen and oxygen atoms in total. The first-order valence-corrected chi connectivity index (χ1v) is 5.38. The van der Waals surface area contributed by atoms with Gasteiger partial charge in [0.2, 0.25) is 0 Å². The molecule has 1 aromatic carbocycles. The molecule has 1 N–H and O–H groups in total. The number of aromatic nitrogens is 1. The van der Waals surface area contributed by atoms with Crippen molar-refractivity contribution in [3.63, 3.8) is 0 Å². The van der Waals surface area contributed by atoms with Crippen LogP contribution in [0.1, 0.15) is 12.0 Å². The van der Waals surface area contributed by atoms with Crippen LogP contribution in [0, 0.1) is 11.3 Å². The fraction of sp³-hybridized carbons (Fsp3) is 0.231. The molecule has 0 aliphatic carbocycles. The molecular formula is C13H12N2O2. The van der Waals surface area contributed by atoms with Gasteiger partial charge < -0.3 is 9.67 Å². The van der Waals surface area contributed by atoms with Crippen LogP contribution in [-0.2, 0) is 17.8 Å². The fourth-order valence-electron chi connectivity index (χ4n) is 1.97. The Morgan fingerprint density at radius 3 is 2.88 bits per heavy atom. The summed E-state index contributed by atoms with van der Waals surface area (Å²) in [7, 11) is 0. The van der Waals surface area contributed by atoms with E-state index in [1.807, 2.05) is 35.0 Å². The molecule has 0 fully saturated rings. The number of nitrogens with zero attached hydrogens (tertiary/aromatic N) is 2. The standard InChI is InChI=1S/C13H12N2O2/c14-7-8-15-9-10(5-6-13(16)17)11-3-1-2-4-12(11)15/h1-4,9H,5-6,8H2,(H,16,17). The Kier molecular flexibility index (Phi) is 3.10. The van der Waals surface area contributed by atoms with E-state index in [0.29, 0.717) is 6.42 Å². The Labute approximate surface area is 98.7 Å². The van der Waals surface area contributed by atoms with Crippen molar-refractivity contribution in [2.75, 3.05) is 0 Å². The Bertz CT molecular complexity index is 593. The summed E-state index contributed by atoms with van der Waals surface area (Å²) in [6, 6.07) is 9.83. The molecule has 1 heterocycles. The number of carboxylic acid groups (broad SMARTS) is 1. The summed E-state index contributed by atoms with van der Waals surface area (Å²) in [6.45, 7) is 0.285. The van der Waals surface area contributed by atoms with E-state index in [0.717, 1.165) is 16.5 Å². The highest BCUT2D eigenvalue weighted by molar-refractivity contribution is 5.84. The van der Waals surface area contributed by atoms with Crippen molar-refractivity contribution in [2.45, 2.75) is 19.4 Å². The predicted molar refractivity (Wildman–Crippen MR) is 63.5 cm³/mol. The van der Waals surface area contributed by atoms with Gasteiger partial charge in [-0.3, -0.25) is 4.79 Å². The number of aliphatic carboxylic acids is 1. The highest BCUT2D eigenvalue weighted by Crippen LogP contribution is 2.22. The van der Waals surface area contributed by atoms with Crippen molar-refractivity contribution < 1.29 is 9.90 Å². The molecule has 0 saturated carbocycles. The second kappa shape index (κ2) is 4.71. The molecule has 17 heavy (non-hydrogen) atoms. The van der Waals surface area contributed by atoms with Crippen molar-refractivity contribution in [2.24, 2.45) is 0 Å². The van der Waals surface area contributed by atoms with Gasteiger partial charge >= 0.3 is 5.97 Å². The number of carboxylic acids is 1. The van der Waals surface area contributed by atoms with E-state index in [1.54, 1.807) is 0 Å². The van der Waals surface area contributed by atoms with E-state index < -0.39 is 5.97 Å². The number of aryl methyl sites for hydroxylation is 1. The Hall–Kier alpha value is -2.28. The monoisotopic (exact) mass is 228 g/mol. The average molecular weight is 228 g/mol. The van der Waals surface area contributed by atoms with E-state index in [1.165, 1.54) is 0 Å². The quantitative estimate of drug-likeness (QED) is 0.872. The number of para-hydroxylation sites is 1. The molecule has 1 aromatic heterocycles. The lowest BCUT2D eigenvalue weighted by atomic mass is 10.1. The van der Waals surface area contributed by atoms with Crippen LogP contribution in [-0.4, -0.2) is 15.6 Å². The maximum absolute atomic E-state index is 10.6. The normalized spacial score (nSPS) is 10.3. The highest BCUT2D eigenvalue weighted by atomic mass is 16.4. The SMILES string of the molecule is N#CCn1cc(CCC(=O)O)c2ccccc21. The zero-order valence-corrected chi connectivity index (χ0v) is 9.26. The zero-order valence-electron chi connectivity index (χ0n) is 9.26. The molecule has 0 spiro atoms. The Balaban J connectivity index is 2.42. The first kappa shape index (κ1) is 11.2. The number of hydrogen-bond acceptors (Lipinski definition) is 2. The number of fused-ring (bicyclic) bond motifs is 1. The van der Waals surface area contributed by atoms with Crippen molar-refractivity contribution >= 4 is 16.9 Å². The second-order valence-corrected chi connectivity index (χ2v) is 3.85. The first-order chi connectivity index (χ1) is 8.22. The van der Waals surface area contributed by atoms with E-state index in [-0.39, 0.29) is 13.0 Å².